The summed E-state index contributed by atoms with van der Waals surface area (Å²) in [5, 5.41) is 30.4. The number of fused-ring (bicyclic) bond motifs is 5. The highest BCUT2D eigenvalue weighted by molar-refractivity contribution is 5.66. The van der Waals surface area contributed by atoms with E-state index in [2.05, 4.69) is 20.8 Å². The van der Waals surface area contributed by atoms with E-state index in [1.807, 2.05) is 0 Å². The maximum Gasteiger partial charge on any atom is 0.303 e. The fourth-order valence-electron chi connectivity index (χ4n) is 8.81. The summed E-state index contributed by atoms with van der Waals surface area (Å²) in [6, 6.07) is 0. The predicted octanol–water partition coefficient (Wildman–Crippen LogP) is 4.48. The molecular formula is C24H40O4. The third kappa shape index (κ3) is 3.14. The number of carbonyl (C=O) groups is 1. The molecule has 0 saturated heterocycles. The highest BCUT2D eigenvalue weighted by Crippen LogP contribution is 2.68. The summed E-state index contributed by atoms with van der Waals surface area (Å²) < 4.78 is 0. The van der Waals surface area contributed by atoms with Gasteiger partial charge in [0.25, 0.3) is 0 Å². The lowest BCUT2D eigenvalue weighted by molar-refractivity contribution is -0.172. The van der Waals surface area contributed by atoms with Gasteiger partial charge in [-0.3, -0.25) is 4.79 Å². The standard InChI is InChI=1S/C24H40O4/c1-14(4-7-22(27)28)17-5-6-18-16-13-21(26)20-12-15(25)8-10-24(20,3)19(16)9-11-23(17,18)2/h14-21,25-26H,4-13H2,1-3H3,(H,27,28)/t14-,15-,16-,17+,18-,19-,20+,21+,23-,24-/m1/s1. The first kappa shape index (κ1) is 20.7. The van der Waals surface area contributed by atoms with Gasteiger partial charge in [0.2, 0.25) is 0 Å². The largest absolute Gasteiger partial charge is 0.481 e. The molecule has 4 fully saturated rings. The smallest absolute Gasteiger partial charge is 0.303 e. The molecule has 0 aromatic heterocycles. The second-order valence-electron chi connectivity index (χ2n) is 11.4. The summed E-state index contributed by atoms with van der Waals surface area (Å²) in [4.78, 5) is 11.1. The van der Waals surface area contributed by atoms with E-state index in [9.17, 15) is 15.0 Å². The average molecular weight is 393 g/mol. The molecule has 0 aliphatic heterocycles. The van der Waals surface area contributed by atoms with E-state index < -0.39 is 5.97 Å². The second kappa shape index (κ2) is 7.27. The van der Waals surface area contributed by atoms with Crippen LogP contribution in [0.5, 0.6) is 0 Å². The summed E-state index contributed by atoms with van der Waals surface area (Å²) in [6.07, 6.45) is 9.16. The van der Waals surface area contributed by atoms with Crippen molar-refractivity contribution in [2.24, 2.45) is 46.3 Å². The molecule has 28 heavy (non-hydrogen) atoms. The Balaban J connectivity index is 1.55. The zero-order chi connectivity index (χ0) is 20.3. The molecule has 4 nitrogen and oxygen atoms in total. The molecule has 0 bridgehead atoms. The number of carboxylic acid groups (broad SMARTS) is 1. The Morgan fingerprint density at radius 1 is 0.964 bits per heavy atom. The van der Waals surface area contributed by atoms with Gasteiger partial charge in [-0.1, -0.05) is 20.8 Å². The first-order valence-corrected chi connectivity index (χ1v) is 11.7. The van der Waals surface area contributed by atoms with E-state index in [0.29, 0.717) is 35.0 Å². The summed E-state index contributed by atoms with van der Waals surface area (Å²) in [6.45, 7) is 7.16. The number of aliphatic hydroxyl groups is 2. The van der Waals surface area contributed by atoms with E-state index >= 15 is 0 Å². The molecular weight excluding hydrogens is 352 g/mol. The minimum absolute atomic E-state index is 0.176. The molecule has 0 heterocycles. The topological polar surface area (TPSA) is 77.8 Å². The van der Waals surface area contributed by atoms with Crippen LogP contribution in [0.25, 0.3) is 0 Å². The second-order valence-corrected chi connectivity index (χ2v) is 11.4. The molecule has 4 aliphatic rings. The number of hydrogen-bond donors (Lipinski definition) is 3. The summed E-state index contributed by atoms with van der Waals surface area (Å²) in [7, 11) is 0. The molecule has 4 aliphatic carbocycles. The van der Waals surface area contributed by atoms with Gasteiger partial charge in [0, 0.05) is 6.42 Å². The number of carboxylic acids is 1. The van der Waals surface area contributed by atoms with Gasteiger partial charge < -0.3 is 15.3 Å². The van der Waals surface area contributed by atoms with Crippen molar-refractivity contribution in [1.82, 2.24) is 0 Å². The van der Waals surface area contributed by atoms with E-state index in [1.54, 1.807) is 0 Å². The Kier molecular flexibility index (Phi) is 5.36. The van der Waals surface area contributed by atoms with E-state index in [-0.39, 0.29) is 30.0 Å². The Morgan fingerprint density at radius 3 is 2.36 bits per heavy atom. The lowest BCUT2D eigenvalue weighted by Crippen LogP contribution is -2.58. The van der Waals surface area contributed by atoms with Gasteiger partial charge in [0.15, 0.2) is 0 Å². The van der Waals surface area contributed by atoms with E-state index in [4.69, 9.17) is 5.11 Å². The van der Waals surface area contributed by atoms with Crippen molar-refractivity contribution in [3.8, 4) is 0 Å². The molecule has 4 heteroatoms. The maximum atomic E-state index is 11.1. The zero-order valence-corrected chi connectivity index (χ0v) is 17.9. The zero-order valence-electron chi connectivity index (χ0n) is 17.9. The van der Waals surface area contributed by atoms with Crippen LogP contribution in [0, 0.1) is 46.3 Å². The normalized spacial score (nSPS) is 51.7. The molecule has 10 atom stereocenters. The quantitative estimate of drug-likeness (QED) is 0.659. The van der Waals surface area contributed by atoms with E-state index in [1.165, 1.54) is 25.7 Å². The first-order chi connectivity index (χ1) is 13.2. The van der Waals surface area contributed by atoms with E-state index in [0.717, 1.165) is 32.1 Å². The summed E-state index contributed by atoms with van der Waals surface area (Å²) in [5.74, 6) is 2.61. The number of aliphatic carboxylic acids is 1. The third-order valence-corrected chi connectivity index (χ3v) is 10.2. The summed E-state index contributed by atoms with van der Waals surface area (Å²) in [5.41, 5.74) is 0.478. The van der Waals surface area contributed by atoms with Gasteiger partial charge in [0.1, 0.15) is 0 Å². The van der Waals surface area contributed by atoms with Gasteiger partial charge in [-0.25, -0.2) is 0 Å². The maximum absolute atomic E-state index is 11.1. The van der Waals surface area contributed by atoms with Crippen LogP contribution in [-0.2, 0) is 4.79 Å². The van der Waals surface area contributed by atoms with Crippen LogP contribution in [0.2, 0.25) is 0 Å². The fraction of sp³-hybridized carbons (Fsp3) is 0.958. The molecule has 0 spiro atoms. The molecule has 160 valence electrons. The highest BCUT2D eigenvalue weighted by Gasteiger charge is 2.62. The fourth-order valence-corrected chi connectivity index (χ4v) is 8.81. The SMILES string of the molecule is C[C@H](CCC(=O)O)[C@@H]1CC[C@@H]2[C@H]3C[C@H](O)[C@@H]4C[C@H](O)CC[C@]4(C)[C@@H]3CC[C@@]21C. The predicted molar refractivity (Wildman–Crippen MR) is 109 cm³/mol. The Morgan fingerprint density at radius 2 is 1.64 bits per heavy atom. The van der Waals surface area contributed by atoms with Crippen LogP contribution < -0.4 is 0 Å². The minimum atomic E-state index is -0.677. The molecule has 0 radical (unpaired) electrons. The van der Waals surface area contributed by atoms with Crippen molar-refractivity contribution in [2.45, 2.75) is 97.2 Å². The van der Waals surface area contributed by atoms with Gasteiger partial charge in [-0.05, 0) is 104 Å². The first-order valence-electron chi connectivity index (χ1n) is 11.7. The molecule has 4 saturated carbocycles. The molecule has 0 unspecified atom stereocenters. The highest BCUT2D eigenvalue weighted by atomic mass is 16.4. The molecule has 3 N–H and O–H groups in total. The Bertz CT molecular complexity index is 605. The van der Waals surface area contributed by atoms with Crippen LogP contribution >= 0.6 is 0 Å². The Labute approximate surface area is 170 Å². The third-order valence-electron chi connectivity index (χ3n) is 10.2. The van der Waals surface area contributed by atoms with Crippen LogP contribution in [0.15, 0.2) is 0 Å². The number of aliphatic hydroxyl groups excluding tert-OH is 2. The summed E-state index contributed by atoms with van der Waals surface area (Å²) >= 11 is 0. The van der Waals surface area contributed by atoms with Crippen LogP contribution in [0.1, 0.15) is 85.0 Å². The molecule has 0 amide bonds. The van der Waals surface area contributed by atoms with Crippen molar-refractivity contribution >= 4 is 5.97 Å². The van der Waals surface area contributed by atoms with Crippen LogP contribution in [0.4, 0.5) is 0 Å². The average Bonchev–Trinajstić information content (AvgIpc) is 2.99. The van der Waals surface area contributed by atoms with Crippen LogP contribution in [0.3, 0.4) is 0 Å². The number of rotatable bonds is 4. The Hall–Kier alpha value is -0.610. The lowest BCUT2D eigenvalue weighted by Gasteiger charge is -2.62. The molecule has 4 rings (SSSR count). The van der Waals surface area contributed by atoms with Crippen LogP contribution in [-0.4, -0.2) is 33.5 Å². The van der Waals surface area contributed by atoms with Crippen molar-refractivity contribution in [2.75, 3.05) is 0 Å². The van der Waals surface area contributed by atoms with Crippen molar-refractivity contribution < 1.29 is 20.1 Å². The van der Waals surface area contributed by atoms with Gasteiger partial charge >= 0.3 is 5.97 Å². The van der Waals surface area contributed by atoms with Crippen molar-refractivity contribution in [1.29, 1.82) is 0 Å². The van der Waals surface area contributed by atoms with Gasteiger partial charge in [-0.2, -0.15) is 0 Å². The van der Waals surface area contributed by atoms with Crippen molar-refractivity contribution in [3.05, 3.63) is 0 Å². The van der Waals surface area contributed by atoms with Crippen molar-refractivity contribution in [3.63, 3.8) is 0 Å². The van der Waals surface area contributed by atoms with Gasteiger partial charge in [0.05, 0.1) is 12.2 Å². The van der Waals surface area contributed by atoms with Gasteiger partial charge in [-0.15, -0.1) is 0 Å². The minimum Gasteiger partial charge on any atom is -0.481 e. The molecule has 0 aromatic rings. The monoisotopic (exact) mass is 392 g/mol. The molecule has 0 aromatic carbocycles. The lowest BCUT2D eigenvalue weighted by atomic mass is 9.44. The number of hydrogen-bond acceptors (Lipinski definition) is 3.